The van der Waals surface area contributed by atoms with Crippen LogP contribution in [0.5, 0.6) is 0 Å². The second-order valence-electron chi connectivity index (χ2n) is 4.13. The first kappa shape index (κ1) is 9.53. The van der Waals surface area contributed by atoms with E-state index in [1.165, 1.54) is 24.3 Å². The fourth-order valence-electron chi connectivity index (χ4n) is 1.82. The van der Waals surface area contributed by atoms with Gasteiger partial charge in [-0.05, 0) is 26.1 Å². The van der Waals surface area contributed by atoms with Crippen LogP contribution in [0.2, 0.25) is 0 Å². The molecule has 1 aliphatic rings. The summed E-state index contributed by atoms with van der Waals surface area (Å²) in [7, 11) is 2.19. The van der Waals surface area contributed by atoms with Crippen LogP contribution in [0.25, 0.3) is 0 Å². The maximum atomic E-state index is 2.46. The van der Waals surface area contributed by atoms with Crippen molar-refractivity contribution in [3.05, 3.63) is 29.8 Å². The molecular weight excluding hydrogens is 171 g/mol. The van der Waals surface area contributed by atoms with Gasteiger partial charge >= 0.3 is 0 Å². The topological polar surface area (TPSA) is 6.48 Å². The maximum absolute atomic E-state index is 2.46. The van der Waals surface area contributed by atoms with E-state index in [2.05, 4.69) is 48.0 Å². The van der Waals surface area contributed by atoms with Gasteiger partial charge in [0.15, 0.2) is 0 Å². The Morgan fingerprint density at radius 3 is 2.07 bits per heavy atom. The molecule has 1 fully saturated rings. The van der Waals surface area contributed by atoms with E-state index in [0.29, 0.717) is 0 Å². The van der Waals surface area contributed by atoms with Gasteiger partial charge in [-0.25, -0.2) is 0 Å². The van der Waals surface area contributed by atoms with Gasteiger partial charge in [0, 0.05) is 31.9 Å². The highest BCUT2D eigenvalue weighted by Crippen LogP contribution is 2.16. The molecule has 0 aromatic heterocycles. The number of likely N-dealkylation sites (N-methyl/N-ethyl adjacent to an activating group) is 1. The Morgan fingerprint density at radius 2 is 1.50 bits per heavy atom. The van der Waals surface area contributed by atoms with E-state index in [4.69, 9.17) is 0 Å². The minimum Gasteiger partial charge on any atom is -0.369 e. The molecule has 0 bridgehead atoms. The minimum atomic E-state index is 1.15. The van der Waals surface area contributed by atoms with Gasteiger partial charge in [-0.3, -0.25) is 0 Å². The highest BCUT2D eigenvalue weighted by molar-refractivity contribution is 5.47. The second-order valence-corrected chi connectivity index (χ2v) is 4.13. The van der Waals surface area contributed by atoms with Crippen LogP contribution in [0.3, 0.4) is 0 Å². The molecule has 0 atom stereocenters. The molecule has 1 aromatic rings. The molecule has 0 radical (unpaired) electrons. The number of benzene rings is 1. The summed E-state index contributed by atoms with van der Waals surface area (Å²) < 4.78 is 0. The van der Waals surface area contributed by atoms with E-state index >= 15 is 0 Å². The molecule has 0 spiro atoms. The summed E-state index contributed by atoms with van der Waals surface area (Å²) in [6, 6.07) is 8.82. The number of aryl methyl sites for hydroxylation is 1. The average molecular weight is 189 g/mol. The molecule has 2 nitrogen and oxygen atoms in total. The second kappa shape index (κ2) is 4.01. The standard InChI is InChI=1S/C12H18N2/c1-11-3-5-12(6-4-11)14-9-7-13(2)8-10-14/h3-6H,7-10H2,1-2H3/i1-1. The smallest absolute Gasteiger partial charge is 0.0367 e. The van der Waals surface area contributed by atoms with Gasteiger partial charge in [-0.1, -0.05) is 17.7 Å². The largest absolute Gasteiger partial charge is 0.369 e. The van der Waals surface area contributed by atoms with Gasteiger partial charge in [-0.2, -0.15) is 0 Å². The van der Waals surface area contributed by atoms with Crippen LogP contribution < -0.4 is 4.90 Å². The molecule has 0 N–H and O–H groups in total. The number of anilines is 1. The summed E-state index contributed by atoms with van der Waals surface area (Å²) in [5.41, 5.74) is 2.70. The zero-order valence-corrected chi connectivity index (χ0v) is 9.03. The Kier molecular flexibility index (Phi) is 2.73. The van der Waals surface area contributed by atoms with Crippen LogP contribution in [-0.4, -0.2) is 38.1 Å². The van der Waals surface area contributed by atoms with E-state index in [1.807, 2.05) is 0 Å². The molecule has 14 heavy (non-hydrogen) atoms. The number of hydrogen-bond donors (Lipinski definition) is 0. The third kappa shape index (κ3) is 2.07. The van der Waals surface area contributed by atoms with Gasteiger partial charge < -0.3 is 9.80 Å². The third-order valence-corrected chi connectivity index (χ3v) is 2.90. The van der Waals surface area contributed by atoms with Crippen molar-refractivity contribution in [1.29, 1.82) is 0 Å². The SMILES string of the molecule is CN1CCN(c2ccc([11CH3])cc2)CC1. The average Bonchev–Trinajstić information content (AvgIpc) is 2.21. The van der Waals surface area contributed by atoms with Crippen LogP contribution in [0.1, 0.15) is 5.56 Å². The first-order valence-electron chi connectivity index (χ1n) is 5.26. The van der Waals surface area contributed by atoms with E-state index in [-0.39, 0.29) is 0 Å². The van der Waals surface area contributed by atoms with Crippen molar-refractivity contribution in [2.75, 3.05) is 38.1 Å². The molecule has 0 unspecified atom stereocenters. The zero-order chi connectivity index (χ0) is 9.97. The predicted molar refractivity (Wildman–Crippen MR) is 60.9 cm³/mol. The lowest BCUT2D eigenvalue weighted by atomic mass is 10.0. The van der Waals surface area contributed by atoms with Crippen molar-refractivity contribution >= 4 is 5.69 Å². The number of hydrogen-bond acceptors (Lipinski definition) is 2. The summed E-state index contributed by atoms with van der Waals surface area (Å²) in [5.74, 6) is 0. The van der Waals surface area contributed by atoms with Crippen LogP contribution in [0.4, 0.5) is 5.69 Å². The Morgan fingerprint density at radius 1 is 0.929 bits per heavy atom. The lowest BCUT2D eigenvalue weighted by Crippen LogP contribution is -2.44. The van der Waals surface area contributed by atoms with Crippen LogP contribution >= 0.6 is 0 Å². The van der Waals surface area contributed by atoms with E-state index in [0.717, 1.165) is 13.1 Å². The Labute approximate surface area is 86.1 Å². The predicted octanol–water partition coefficient (Wildman–Crippen LogP) is 1.75. The summed E-state index contributed by atoms with van der Waals surface area (Å²) in [6.07, 6.45) is 0. The molecule has 2 heteroatoms. The Hall–Kier alpha value is -1.02. The minimum absolute atomic E-state index is 1.15. The summed E-state index contributed by atoms with van der Waals surface area (Å²) >= 11 is 0. The van der Waals surface area contributed by atoms with E-state index in [1.54, 1.807) is 0 Å². The van der Waals surface area contributed by atoms with Crippen LogP contribution in [0, 0.1) is 6.92 Å². The van der Waals surface area contributed by atoms with Gasteiger partial charge in [0.2, 0.25) is 0 Å². The molecule has 0 amide bonds. The Bertz CT molecular complexity index is 284. The van der Waals surface area contributed by atoms with Crippen LogP contribution in [-0.2, 0) is 0 Å². The normalized spacial score (nSPS) is 18.6. The first-order valence-corrected chi connectivity index (χ1v) is 5.26. The van der Waals surface area contributed by atoms with Crippen molar-refractivity contribution in [2.45, 2.75) is 6.92 Å². The van der Waals surface area contributed by atoms with Gasteiger partial charge in [0.05, 0.1) is 0 Å². The van der Waals surface area contributed by atoms with Gasteiger partial charge in [-0.15, -0.1) is 0 Å². The first-order chi connectivity index (χ1) is 6.75. The Balaban J connectivity index is 2.05. The quantitative estimate of drug-likeness (QED) is 0.664. The molecule has 2 rings (SSSR count). The summed E-state index contributed by atoms with van der Waals surface area (Å²) in [6.45, 7) is 6.79. The number of nitrogens with zero attached hydrogens (tertiary/aromatic N) is 2. The molecule has 0 saturated carbocycles. The molecule has 1 aliphatic heterocycles. The monoisotopic (exact) mass is 189 g/mol. The van der Waals surface area contributed by atoms with Gasteiger partial charge in [0.1, 0.15) is 0 Å². The van der Waals surface area contributed by atoms with Crippen molar-refractivity contribution in [2.24, 2.45) is 0 Å². The number of piperazine rings is 1. The lowest BCUT2D eigenvalue weighted by molar-refractivity contribution is 0.313. The van der Waals surface area contributed by atoms with Crippen molar-refractivity contribution in [1.82, 2.24) is 4.90 Å². The van der Waals surface area contributed by atoms with E-state index < -0.39 is 0 Å². The summed E-state index contributed by atoms with van der Waals surface area (Å²) in [4.78, 5) is 4.84. The summed E-state index contributed by atoms with van der Waals surface area (Å²) in [5, 5.41) is 0. The lowest BCUT2D eigenvalue weighted by Gasteiger charge is -2.34. The van der Waals surface area contributed by atoms with E-state index in [9.17, 15) is 0 Å². The molecule has 1 aromatic carbocycles. The fourth-order valence-corrected chi connectivity index (χ4v) is 1.82. The zero-order valence-electron chi connectivity index (χ0n) is 9.03. The van der Waals surface area contributed by atoms with Crippen molar-refractivity contribution < 1.29 is 0 Å². The molecule has 1 heterocycles. The molecule has 76 valence electrons. The molecular formula is C12H18N2. The van der Waals surface area contributed by atoms with Crippen molar-refractivity contribution in [3.8, 4) is 0 Å². The highest BCUT2D eigenvalue weighted by Gasteiger charge is 2.13. The molecule has 1 saturated heterocycles. The van der Waals surface area contributed by atoms with Gasteiger partial charge in [0.25, 0.3) is 0 Å². The maximum Gasteiger partial charge on any atom is 0.0367 e. The molecule has 0 aliphatic carbocycles. The van der Waals surface area contributed by atoms with Crippen LogP contribution in [0.15, 0.2) is 24.3 Å². The number of rotatable bonds is 1. The van der Waals surface area contributed by atoms with Crippen molar-refractivity contribution in [3.63, 3.8) is 0 Å². The fraction of sp³-hybridized carbons (Fsp3) is 0.500. The third-order valence-electron chi connectivity index (χ3n) is 2.90. The highest BCUT2D eigenvalue weighted by atomic mass is 15.2.